The van der Waals surface area contributed by atoms with Gasteiger partial charge in [0.05, 0.1) is 7.11 Å². The van der Waals surface area contributed by atoms with Crippen molar-refractivity contribution < 1.29 is 14.3 Å². The lowest BCUT2D eigenvalue weighted by Crippen LogP contribution is -2.51. The Kier molecular flexibility index (Phi) is 5.04. The minimum atomic E-state index is -0.569. The van der Waals surface area contributed by atoms with Crippen molar-refractivity contribution >= 4 is 12.0 Å². The number of nitrogens with one attached hydrogen (secondary N) is 1. The third-order valence-corrected chi connectivity index (χ3v) is 2.74. The smallest absolute Gasteiger partial charge is 0.407 e. The van der Waals surface area contributed by atoms with Gasteiger partial charge in [0, 0.05) is 26.2 Å². The number of alkyl carbamates (subject to hydrolysis) is 1. The van der Waals surface area contributed by atoms with Crippen molar-refractivity contribution in [1.82, 2.24) is 15.1 Å². The average Bonchev–Trinajstić information content (AvgIpc) is 2.35. The van der Waals surface area contributed by atoms with Crippen LogP contribution in [0.5, 0.6) is 0 Å². The second kappa shape index (κ2) is 6.32. The maximum atomic E-state index is 11.7. The molecule has 6 nitrogen and oxygen atoms in total. The van der Waals surface area contributed by atoms with Crippen molar-refractivity contribution in [3.8, 4) is 0 Å². The van der Waals surface area contributed by atoms with Gasteiger partial charge in [-0.2, -0.15) is 0 Å². The van der Waals surface area contributed by atoms with Gasteiger partial charge in [0.1, 0.15) is 6.54 Å². The van der Waals surface area contributed by atoms with Gasteiger partial charge in [-0.1, -0.05) is 6.92 Å². The summed E-state index contributed by atoms with van der Waals surface area (Å²) in [5, 5.41) is 2.39. The van der Waals surface area contributed by atoms with Crippen molar-refractivity contribution in [3.05, 3.63) is 0 Å². The molecule has 0 saturated carbocycles. The highest BCUT2D eigenvalue weighted by Crippen LogP contribution is 2.00. The van der Waals surface area contributed by atoms with E-state index < -0.39 is 6.09 Å². The number of carbonyl (C=O) groups excluding carboxylic acids is 2. The Morgan fingerprint density at radius 2 is 1.88 bits per heavy atom. The highest BCUT2D eigenvalue weighted by molar-refractivity contribution is 5.82. The first-order valence-electron chi connectivity index (χ1n) is 5.49. The molecule has 0 radical (unpaired) electrons. The number of nitrogens with zero attached hydrogens (tertiary/aromatic N) is 2. The quantitative estimate of drug-likeness (QED) is 0.709. The van der Waals surface area contributed by atoms with E-state index in [-0.39, 0.29) is 12.5 Å². The third kappa shape index (κ3) is 3.69. The van der Waals surface area contributed by atoms with Crippen LogP contribution in [0.4, 0.5) is 4.79 Å². The predicted molar refractivity (Wildman–Crippen MR) is 59.1 cm³/mol. The first-order valence-corrected chi connectivity index (χ1v) is 5.49. The largest absolute Gasteiger partial charge is 0.453 e. The van der Waals surface area contributed by atoms with Crippen molar-refractivity contribution in [1.29, 1.82) is 0 Å². The molecule has 0 bridgehead atoms. The number of methoxy groups -OCH3 is 1. The fraction of sp³-hybridized carbons (Fsp3) is 0.800. The third-order valence-electron chi connectivity index (χ3n) is 2.74. The number of ether oxygens (including phenoxy) is 1. The Balaban J connectivity index is 2.25. The Hall–Kier alpha value is -1.30. The topological polar surface area (TPSA) is 61.9 Å². The van der Waals surface area contributed by atoms with Gasteiger partial charge in [-0.3, -0.25) is 4.79 Å². The molecule has 0 aromatic rings. The molecule has 6 heteroatoms. The van der Waals surface area contributed by atoms with Crippen LogP contribution in [0.1, 0.15) is 6.92 Å². The summed E-state index contributed by atoms with van der Waals surface area (Å²) in [7, 11) is 1.28. The lowest BCUT2D eigenvalue weighted by atomic mass is 10.3. The summed E-state index contributed by atoms with van der Waals surface area (Å²) in [6.07, 6.45) is -0.569. The van der Waals surface area contributed by atoms with E-state index in [1.54, 1.807) is 4.90 Å². The van der Waals surface area contributed by atoms with Crippen LogP contribution in [-0.4, -0.2) is 68.2 Å². The molecule has 16 heavy (non-hydrogen) atoms. The number of likely N-dealkylation sites (N-methyl/N-ethyl adjacent to an activating group) is 1. The standard InChI is InChI=1S/C10H19N3O3/c1-3-12-4-6-13(7-5-12)9(14)8-11-10(15)16-2/h3-8H2,1-2H3,(H,11,15). The van der Waals surface area contributed by atoms with Crippen LogP contribution >= 0.6 is 0 Å². The minimum Gasteiger partial charge on any atom is -0.453 e. The monoisotopic (exact) mass is 229 g/mol. The summed E-state index contributed by atoms with van der Waals surface area (Å²) in [6.45, 7) is 6.41. The van der Waals surface area contributed by atoms with Crippen molar-refractivity contribution in [3.63, 3.8) is 0 Å². The number of piperazine rings is 1. The van der Waals surface area contributed by atoms with E-state index in [9.17, 15) is 9.59 Å². The molecule has 0 aromatic heterocycles. The van der Waals surface area contributed by atoms with Gasteiger partial charge < -0.3 is 19.9 Å². The maximum Gasteiger partial charge on any atom is 0.407 e. The van der Waals surface area contributed by atoms with Crippen LogP contribution in [-0.2, 0) is 9.53 Å². The normalized spacial score (nSPS) is 17.0. The van der Waals surface area contributed by atoms with E-state index in [1.165, 1.54) is 7.11 Å². The van der Waals surface area contributed by atoms with Crippen molar-refractivity contribution in [2.45, 2.75) is 6.92 Å². The van der Waals surface area contributed by atoms with Gasteiger partial charge in [-0.05, 0) is 6.54 Å². The van der Waals surface area contributed by atoms with Crippen molar-refractivity contribution in [2.24, 2.45) is 0 Å². The molecule has 0 unspecified atom stereocenters. The van der Waals surface area contributed by atoms with E-state index in [0.717, 1.165) is 32.7 Å². The van der Waals surface area contributed by atoms with E-state index in [0.29, 0.717) is 0 Å². The van der Waals surface area contributed by atoms with Gasteiger partial charge in [0.25, 0.3) is 0 Å². The molecule has 92 valence electrons. The Bertz CT molecular complexity index is 250. The summed E-state index contributed by atoms with van der Waals surface area (Å²) in [5.74, 6) is -0.0545. The summed E-state index contributed by atoms with van der Waals surface area (Å²) >= 11 is 0. The highest BCUT2D eigenvalue weighted by atomic mass is 16.5. The second-order valence-electron chi connectivity index (χ2n) is 3.66. The lowest BCUT2D eigenvalue weighted by molar-refractivity contribution is -0.131. The number of hydrogen-bond acceptors (Lipinski definition) is 4. The molecule has 0 spiro atoms. The number of rotatable bonds is 3. The fourth-order valence-electron chi connectivity index (χ4n) is 1.65. The molecule has 1 aliphatic heterocycles. The molecule has 1 heterocycles. The van der Waals surface area contributed by atoms with Crippen LogP contribution in [0.3, 0.4) is 0 Å². The molecule has 1 fully saturated rings. The van der Waals surface area contributed by atoms with Gasteiger partial charge in [-0.25, -0.2) is 4.79 Å². The molecular formula is C10H19N3O3. The molecule has 1 saturated heterocycles. The zero-order valence-corrected chi connectivity index (χ0v) is 9.86. The number of carbonyl (C=O) groups is 2. The Morgan fingerprint density at radius 3 is 2.38 bits per heavy atom. The number of amides is 2. The zero-order chi connectivity index (χ0) is 12.0. The molecule has 0 aliphatic carbocycles. The number of hydrogen-bond donors (Lipinski definition) is 1. The van der Waals surface area contributed by atoms with Crippen LogP contribution in [0, 0.1) is 0 Å². The summed E-state index contributed by atoms with van der Waals surface area (Å²) in [4.78, 5) is 26.5. The molecule has 1 N–H and O–H groups in total. The van der Waals surface area contributed by atoms with E-state index in [4.69, 9.17) is 0 Å². The highest BCUT2D eigenvalue weighted by Gasteiger charge is 2.20. The lowest BCUT2D eigenvalue weighted by Gasteiger charge is -2.34. The second-order valence-corrected chi connectivity index (χ2v) is 3.66. The molecule has 1 rings (SSSR count). The summed E-state index contributed by atoms with van der Waals surface area (Å²) in [5.41, 5.74) is 0. The van der Waals surface area contributed by atoms with Crippen molar-refractivity contribution in [2.75, 3.05) is 46.4 Å². The fourth-order valence-corrected chi connectivity index (χ4v) is 1.65. The van der Waals surface area contributed by atoms with Crippen LogP contribution in [0.2, 0.25) is 0 Å². The Morgan fingerprint density at radius 1 is 1.25 bits per heavy atom. The summed E-state index contributed by atoms with van der Waals surface area (Å²) in [6, 6.07) is 0. The van der Waals surface area contributed by atoms with Gasteiger partial charge in [0.15, 0.2) is 0 Å². The first-order chi connectivity index (χ1) is 7.67. The zero-order valence-electron chi connectivity index (χ0n) is 9.86. The van der Waals surface area contributed by atoms with Gasteiger partial charge in [0.2, 0.25) is 5.91 Å². The maximum absolute atomic E-state index is 11.7. The molecule has 1 aliphatic rings. The van der Waals surface area contributed by atoms with Gasteiger partial charge in [-0.15, -0.1) is 0 Å². The van der Waals surface area contributed by atoms with Crippen LogP contribution in [0.25, 0.3) is 0 Å². The molecule has 2 amide bonds. The van der Waals surface area contributed by atoms with E-state index >= 15 is 0 Å². The molecule has 0 atom stereocenters. The molecule has 0 aromatic carbocycles. The van der Waals surface area contributed by atoms with E-state index in [1.807, 2.05) is 0 Å². The van der Waals surface area contributed by atoms with Crippen LogP contribution in [0.15, 0.2) is 0 Å². The van der Waals surface area contributed by atoms with Gasteiger partial charge >= 0.3 is 6.09 Å². The average molecular weight is 229 g/mol. The minimum absolute atomic E-state index is 0.0127. The van der Waals surface area contributed by atoms with Crippen LogP contribution < -0.4 is 5.32 Å². The predicted octanol–water partition coefficient (Wildman–Crippen LogP) is -0.493. The first kappa shape index (κ1) is 12.8. The summed E-state index contributed by atoms with van der Waals surface area (Å²) < 4.78 is 4.39. The SMILES string of the molecule is CCN1CCN(C(=O)CNC(=O)OC)CC1. The Labute approximate surface area is 95.5 Å². The van der Waals surface area contributed by atoms with E-state index in [2.05, 4.69) is 21.9 Å². The molecular weight excluding hydrogens is 210 g/mol.